The maximum Gasteiger partial charge on any atom is 0.418 e. The first-order valence-corrected chi connectivity index (χ1v) is 6.19. The summed E-state index contributed by atoms with van der Waals surface area (Å²) in [6.07, 6.45) is -4.21. The number of alkyl halides is 3. The van der Waals surface area contributed by atoms with Crippen molar-refractivity contribution >= 4 is 11.4 Å². The minimum absolute atomic E-state index is 0.173. The van der Waals surface area contributed by atoms with E-state index >= 15 is 0 Å². The molecule has 0 aliphatic carbocycles. The van der Waals surface area contributed by atoms with Crippen LogP contribution in [0.5, 0.6) is 0 Å². The molecule has 1 fully saturated rings. The lowest BCUT2D eigenvalue weighted by Gasteiger charge is -2.36. The van der Waals surface area contributed by atoms with E-state index < -0.39 is 17.8 Å². The molecule has 2 rings (SSSR count). The van der Waals surface area contributed by atoms with E-state index in [1.54, 1.807) is 11.0 Å². The lowest BCUT2D eigenvalue weighted by atomic mass is 9.95. The van der Waals surface area contributed by atoms with Gasteiger partial charge < -0.3 is 15.7 Å². The van der Waals surface area contributed by atoms with Crippen molar-refractivity contribution in [2.45, 2.75) is 25.6 Å². The molecule has 0 saturated carbocycles. The number of rotatable bonds is 1. The van der Waals surface area contributed by atoms with Crippen LogP contribution in [0.1, 0.15) is 18.9 Å². The van der Waals surface area contributed by atoms with Gasteiger partial charge in [-0.3, -0.25) is 0 Å². The van der Waals surface area contributed by atoms with E-state index in [0.29, 0.717) is 18.8 Å². The molecule has 1 saturated heterocycles. The highest BCUT2D eigenvalue weighted by molar-refractivity contribution is 5.59. The van der Waals surface area contributed by atoms with Crippen LogP contribution in [0.25, 0.3) is 0 Å². The Bertz CT molecular complexity index is 462. The molecule has 106 valence electrons. The first-order valence-electron chi connectivity index (χ1n) is 6.19. The molecule has 0 bridgehead atoms. The summed E-state index contributed by atoms with van der Waals surface area (Å²) >= 11 is 0. The fourth-order valence-corrected chi connectivity index (χ4v) is 2.27. The molecule has 1 aliphatic rings. The average molecular weight is 274 g/mol. The number of nitrogens with two attached hydrogens (primary N) is 1. The Morgan fingerprint density at radius 1 is 1.37 bits per heavy atom. The second-order valence-corrected chi connectivity index (χ2v) is 5.05. The van der Waals surface area contributed by atoms with Gasteiger partial charge >= 0.3 is 6.18 Å². The number of hydrogen-bond acceptors (Lipinski definition) is 3. The van der Waals surface area contributed by atoms with E-state index in [-0.39, 0.29) is 11.6 Å². The van der Waals surface area contributed by atoms with Crippen molar-refractivity contribution < 1.29 is 18.3 Å². The standard InChI is InChI=1S/C13H17F3N2O/c1-8-4-5-18(7-12(8)19)9-2-3-11(17)10(6-9)13(14,15)16/h2-3,6,8,12,19H,4-5,7,17H2,1H3. The number of benzene rings is 1. The maximum absolute atomic E-state index is 12.8. The van der Waals surface area contributed by atoms with E-state index in [4.69, 9.17) is 5.73 Å². The summed E-state index contributed by atoms with van der Waals surface area (Å²) in [6, 6.07) is 3.88. The monoisotopic (exact) mass is 274 g/mol. The number of aliphatic hydroxyl groups is 1. The summed E-state index contributed by atoms with van der Waals surface area (Å²) < 4.78 is 38.4. The lowest BCUT2D eigenvalue weighted by Crippen LogP contribution is -2.43. The van der Waals surface area contributed by atoms with Crippen LogP contribution in [0.15, 0.2) is 18.2 Å². The summed E-state index contributed by atoms with van der Waals surface area (Å²) in [4.78, 5) is 1.76. The molecule has 2 unspecified atom stereocenters. The van der Waals surface area contributed by atoms with Crippen molar-refractivity contribution in [3.8, 4) is 0 Å². The summed E-state index contributed by atoms with van der Waals surface area (Å²) in [5.41, 5.74) is 4.72. The molecular weight excluding hydrogens is 257 g/mol. The smallest absolute Gasteiger partial charge is 0.398 e. The predicted octanol–water partition coefficient (Wildman–Crippen LogP) is 2.49. The minimum Gasteiger partial charge on any atom is -0.398 e. The molecule has 1 aromatic carbocycles. The quantitative estimate of drug-likeness (QED) is 0.774. The molecular formula is C13H17F3N2O. The fourth-order valence-electron chi connectivity index (χ4n) is 2.27. The van der Waals surface area contributed by atoms with Gasteiger partial charge in [0.05, 0.1) is 11.7 Å². The van der Waals surface area contributed by atoms with E-state index in [1.165, 1.54) is 6.07 Å². The van der Waals surface area contributed by atoms with E-state index in [9.17, 15) is 18.3 Å². The number of nitrogens with zero attached hydrogens (tertiary/aromatic N) is 1. The third kappa shape index (κ3) is 2.94. The SMILES string of the molecule is CC1CCN(c2ccc(N)c(C(F)(F)F)c2)CC1O. The van der Waals surface area contributed by atoms with Gasteiger partial charge in [0, 0.05) is 24.5 Å². The summed E-state index contributed by atoms with van der Waals surface area (Å²) in [7, 11) is 0. The molecule has 1 aromatic rings. The summed E-state index contributed by atoms with van der Waals surface area (Å²) in [6.45, 7) is 2.92. The second-order valence-electron chi connectivity index (χ2n) is 5.05. The molecule has 0 spiro atoms. The van der Waals surface area contributed by atoms with Crippen LogP contribution >= 0.6 is 0 Å². The Morgan fingerprint density at radius 3 is 2.63 bits per heavy atom. The van der Waals surface area contributed by atoms with Crippen molar-refractivity contribution in [2.75, 3.05) is 23.7 Å². The highest BCUT2D eigenvalue weighted by atomic mass is 19.4. The van der Waals surface area contributed by atoms with Crippen molar-refractivity contribution in [1.82, 2.24) is 0 Å². The third-order valence-electron chi connectivity index (χ3n) is 3.63. The number of hydrogen-bond donors (Lipinski definition) is 2. The maximum atomic E-state index is 12.8. The number of piperidine rings is 1. The van der Waals surface area contributed by atoms with Gasteiger partial charge in [-0.25, -0.2) is 0 Å². The molecule has 3 nitrogen and oxygen atoms in total. The summed E-state index contributed by atoms with van der Waals surface area (Å²) in [5, 5.41) is 9.80. The van der Waals surface area contributed by atoms with Crippen molar-refractivity contribution in [3.63, 3.8) is 0 Å². The Morgan fingerprint density at radius 2 is 2.05 bits per heavy atom. The molecule has 1 aliphatic heterocycles. The second kappa shape index (κ2) is 4.92. The van der Waals surface area contributed by atoms with Crippen LogP contribution in [0.4, 0.5) is 24.5 Å². The van der Waals surface area contributed by atoms with Crippen LogP contribution in [0.2, 0.25) is 0 Å². The molecule has 19 heavy (non-hydrogen) atoms. The minimum atomic E-state index is -4.46. The Labute approximate surface area is 109 Å². The molecule has 2 atom stereocenters. The number of nitrogen functional groups attached to an aromatic ring is 1. The largest absolute Gasteiger partial charge is 0.418 e. The highest BCUT2D eigenvalue weighted by Crippen LogP contribution is 2.36. The molecule has 6 heteroatoms. The third-order valence-corrected chi connectivity index (χ3v) is 3.63. The van der Waals surface area contributed by atoms with E-state index in [1.807, 2.05) is 6.92 Å². The van der Waals surface area contributed by atoms with Crippen molar-refractivity contribution in [3.05, 3.63) is 23.8 Å². The van der Waals surface area contributed by atoms with Gasteiger partial charge in [0.15, 0.2) is 0 Å². The first kappa shape index (κ1) is 14.0. The molecule has 0 radical (unpaired) electrons. The highest BCUT2D eigenvalue weighted by Gasteiger charge is 2.34. The Hall–Kier alpha value is -1.43. The van der Waals surface area contributed by atoms with Gasteiger partial charge in [-0.1, -0.05) is 6.92 Å². The van der Waals surface area contributed by atoms with Gasteiger partial charge in [0.1, 0.15) is 0 Å². The normalized spacial score (nSPS) is 24.6. The molecule has 1 heterocycles. The number of anilines is 2. The van der Waals surface area contributed by atoms with Crippen LogP contribution in [-0.4, -0.2) is 24.3 Å². The van der Waals surface area contributed by atoms with Crippen LogP contribution in [-0.2, 0) is 6.18 Å². The average Bonchev–Trinajstić information content (AvgIpc) is 2.32. The first-order chi connectivity index (χ1) is 8.79. The molecule has 3 N–H and O–H groups in total. The van der Waals surface area contributed by atoms with Crippen molar-refractivity contribution in [2.24, 2.45) is 5.92 Å². The Balaban J connectivity index is 2.27. The molecule has 0 amide bonds. The topological polar surface area (TPSA) is 49.5 Å². The van der Waals surface area contributed by atoms with Gasteiger partial charge in [-0.05, 0) is 30.5 Å². The van der Waals surface area contributed by atoms with E-state index in [0.717, 1.165) is 12.5 Å². The van der Waals surface area contributed by atoms with Crippen LogP contribution < -0.4 is 10.6 Å². The van der Waals surface area contributed by atoms with E-state index in [2.05, 4.69) is 0 Å². The van der Waals surface area contributed by atoms with Gasteiger partial charge in [-0.2, -0.15) is 13.2 Å². The van der Waals surface area contributed by atoms with Crippen molar-refractivity contribution in [1.29, 1.82) is 0 Å². The van der Waals surface area contributed by atoms with Gasteiger partial charge in [0.2, 0.25) is 0 Å². The lowest BCUT2D eigenvalue weighted by molar-refractivity contribution is -0.136. The molecule has 0 aromatic heterocycles. The summed E-state index contributed by atoms with van der Waals surface area (Å²) in [5.74, 6) is 0.173. The van der Waals surface area contributed by atoms with Crippen LogP contribution in [0, 0.1) is 5.92 Å². The zero-order chi connectivity index (χ0) is 14.2. The van der Waals surface area contributed by atoms with Gasteiger partial charge in [0.25, 0.3) is 0 Å². The van der Waals surface area contributed by atoms with Crippen LogP contribution in [0.3, 0.4) is 0 Å². The predicted molar refractivity (Wildman–Crippen MR) is 67.9 cm³/mol. The fraction of sp³-hybridized carbons (Fsp3) is 0.538. The number of aliphatic hydroxyl groups excluding tert-OH is 1. The number of β-amino-alcohol motifs (C(OH)–C–C–N with tert-alkyl or cyclic N) is 1. The zero-order valence-electron chi connectivity index (χ0n) is 10.6. The Kier molecular flexibility index (Phi) is 3.62. The van der Waals surface area contributed by atoms with Gasteiger partial charge in [-0.15, -0.1) is 0 Å². The zero-order valence-corrected chi connectivity index (χ0v) is 10.6. The number of halogens is 3.